The van der Waals surface area contributed by atoms with Gasteiger partial charge in [-0.05, 0) is 64.2 Å². The van der Waals surface area contributed by atoms with Crippen LogP contribution in [-0.4, -0.2) is 50.8 Å². The Bertz CT molecular complexity index is 754. The second kappa shape index (κ2) is 34.7. The highest BCUT2D eigenvalue weighted by molar-refractivity contribution is 7.73. The van der Waals surface area contributed by atoms with E-state index in [-0.39, 0.29) is 24.6 Å². The monoisotopic (exact) mass is 680 g/mol. The number of hydrogen-bond acceptors (Lipinski definition) is 4. The van der Waals surface area contributed by atoms with Gasteiger partial charge in [0.25, 0.3) is 0 Å². The highest BCUT2D eigenvalue weighted by atomic mass is 31.2. The van der Waals surface area contributed by atoms with Crippen molar-refractivity contribution in [2.45, 2.75) is 200 Å². The van der Waals surface area contributed by atoms with Crippen LogP contribution in [0.5, 0.6) is 0 Å². The van der Waals surface area contributed by atoms with Crippen molar-refractivity contribution < 1.29 is 19.1 Å². The van der Waals surface area contributed by atoms with Crippen LogP contribution in [0.2, 0.25) is 0 Å². The fourth-order valence-electron chi connectivity index (χ4n) is 5.92. The van der Waals surface area contributed by atoms with Crippen LogP contribution in [0.15, 0.2) is 24.3 Å². The van der Waals surface area contributed by atoms with Gasteiger partial charge in [-0.2, -0.15) is 0 Å². The summed E-state index contributed by atoms with van der Waals surface area (Å²) in [4.78, 5) is 25.0. The molecule has 0 heterocycles. The van der Waals surface area contributed by atoms with Gasteiger partial charge < -0.3 is 9.47 Å². The Morgan fingerprint density at radius 2 is 0.830 bits per heavy atom. The van der Waals surface area contributed by atoms with Gasteiger partial charge in [-0.15, -0.1) is 0 Å². The van der Waals surface area contributed by atoms with Gasteiger partial charge in [-0.25, -0.2) is 0 Å². The minimum atomic E-state index is -1.18. The number of esters is 2. The Morgan fingerprint density at radius 3 is 1.21 bits per heavy atom. The molecular formula is C42H80O4P+. The summed E-state index contributed by atoms with van der Waals surface area (Å²) in [7, 11) is -1.18. The first kappa shape index (κ1) is 45.9. The number of carbonyl (C=O) groups excluding carboxylic acids is 2. The molecule has 1 atom stereocenters. The lowest BCUT2D eigenvalue weighted by atomic mass is 10.1. The molecule has 4 nitrogen and oxygen atoms in total. The summed E-state index contributed by atoms with van der Waals surface area (Å²) in [6, 6.07) is 0. The minimum absolute atomic E-state index is 0.144. The first-order chi connectivity index (χ1) is 22.8. The molecule has 0 amide bonds. The van der Waals surface area contributed by atoms with Gasteiger partial charge in [-0.1, -0.05) is 141 Å². The molecule has 47 heavy (non-hydrogen) atoms. The number of hydrogen-bond donors (Lipinski definition) is 0. The third kappa shape index (κ3) is 37.5. The molecule has 0 aliphatic carbocycles. The van der Waals surface area contributed by atoms with Gasteiger partial charge in [0.1, 0.15) is 6.61 Å². The average Bonchev–Trinajstić information content (AvgIpc) is 3.03. The van der Waals surface area contributed by atoms with E-state index in [9.17, 15) is 9.59 Å². The number of unbranched alkanes of at least 4 members (excludes halogenated alkanes) is 22. The van der Waals surface area contributed by atoms with Crippen molar-refractivity contribution in [3.8, 4) is 0 Å². The second-order valence-electron chi connectivity index (χ2n) is 14.9. The van der Waals surface area contributed by atoms with Crippen LogP contribution in [0, 0.1) is 0 Å². The summed E-state index contributed by atoms with van der Waals surface area (Å²) in [5.41, 5.74) is 0. The summed E-state index contributed by atoms with van der Waals surface area (Å²) < 4.78 is 11.4. The molecule has 276 valence electrons. The summed E-state index contributed by atoms with van der Waals surface area (Å²) in [5, 5.41) is 0. The highest BCUT2D eigenvalue weighted by Crippen LogP contribution is 2.47. The maximum absolute atomic E-state index is 12.6. The van der Waals surface area contributed by atoms with E-state index < -0.39 is 7.26 Å². The average molecular weight is 680 g/mol. The van der Waals surface area contributed by atoms with E-state index in [1.165, 1.54) is 141 Å². The Kier molecular flexibility index (Phi) is 33.9. The van der Waals surface area contributed by atoms with Crippen molar-refractivity contribution in [1.82, 2.24) is 0 Å². The fraction of sp³-hybridized carbons (Fsp3) is 0.857. The third-order valence-corrected chi connectivity index (χ3v) is 10.3. The molecule has 0 spiro atoms. The molecule has 5 heteroatoms. The van der Waals surface area contributed by atoms with Gasteiger partial charge >= 0.3 is 11.9 Å². The van der Waals surface area contributed by atoms with Crippen LogP contribution in [-0.2, 0) is 19.1 Å². The third-order valence-electron chi connectivity index (χ3n) is 8.77. The van der Waals surface area contributed by atoms with E-state index in [0.717, 1.165) is 31.8 Å². The zero-order valence-corrected chi connectivity index (χ0v) is 33.1. The molecule has 0 bridgehead atoms. The van der Waals surface area contributed by atoms with Crippen molar-refractivity contribution in [2.24, 2.45) is 0 Å². The Morgan fingerprint density at radius 1 is 0.489 bits per heavy atom. The standard InChI is InChI=1S/C42H80O4P/c1-6-8-10-12-14-16-18-20-22-24-26-28-30-32-34-36-41(43)45-38-40(39-47(3,4)5)46-42(44)37-35-33-31-29-27-25-23-21-19-17-15-13-11-9-7-2/h20-23,40H,6-19,24-39H2,1-5H3/q+1/b22-20-,23-21-. The number of allylic oxidation sites excluding steroid dienone is 4. The molecule has 0 fully saturated rings. The zero-order valence-electron chi connectivity index (χ0n) is 32.2. The summed E-state index contributed by atoms with van der Waals surface area (Å²) >= 11 is 0. The fourth-order valence-corrected chi connectivity index (χ4v) is 7.32. The largest absolute Gasteiger partial charge is 0.462 e. The molecular weight excluding hydrogens is 599 g/mol. The van der Waals surface area contributed by atoms with Crippen LogP contribution in [0.4, 0.5) is 0 Å². The smallest absolute Gasteiger partial charge is 0.306 e. The molecule has 0 N–H and O–H groups in total. The molecule has 0 radical (unpaired) electrons. The van der Waals surface area contributed by atoms with Crippen LogP contribution < -0.4 is 0 Å². The SMILES string of the molecule is CCCCCCCC/C=C\CCCCCCCC(=O)OCC(C[P+](C)(C)C)OC(=O)CCCCCCC/C=C\CCCCCCCC. The lowest BCUT2D eigenvalue weighted by Crippen LogP contribution is -2.29. The Hall–Kier alpha value is -1.15. The molecule has 0 saturated heterocycles. The molecule has 0 saturated carbocycles. The van der Waals surface area contributed by atoms with Crippen molar-refractivity contribution in [1.29, 1.82) is 0 Å². The topological polar surface area (TPSA) is 52.6 Å². The van der Waals surface area contributed by atoms with Crippen molar-refractivity contribution in [3.05, 3.63) is 24.3 Å². The molecule has 0 aliphatic rings. The number of ether oxygens (including phenoxy) is 2. The number of rotatable bonds is 35. The van der Waals surface area contributed by atoms with Gasteiger partial charge in [0, 0.05) is 40.1 Å². The zero-order chi connectivity index (χ0) is 34.7. The molecule has 0 aromatic carbocycles. The number of carbonyl (C=O) groups is 2. The summed E-state index contributed by atoms with van der Waals surface area (Å²) in [5.74, 6) is -0.303. The highest BCUT2D eigenvalue weighted by Gasteiger charge is 2.28. The Labute approximate surface area is 294 Å². The molecule has 0 rings (SSSR count). The van der Waals surface area contributed by atoms with Crippen LogP contribution in [0.1, 0.15) is 194 Å². The predicted molar refractivity (Wildman–Crippen MR) is 209 cm³/mol. The summed E-state index contributed by atoms with van der Waals surface area (Å²) in [6.45, 7) is 11.5. The van der Waals surface area contributed by atoms with Gasteiger partial charge in [0.05, 0.1) is 6.16 Å². The normalized spacial score (nSPS) is 12.7. The van der Waals surface area contributed by atoms with Gasteiger partial charge in [0.2, 0.25) is 0 Å². The molecule has 1 unspecified atom stereocenters. The van der Waals surface area contributed by atoms with Crippen LogP contribution in [0.25, 0.3) is 0 Å². The molecule has 0 aromatic rings. The minimum Gasteiger partial charge on any atom is -0.462 e. The van der Waals surface area contributed by atoms with E-state index in [1.54, 1.807) is 0 Å². The quantitative estimate of drug-likeness (QED) is 0.0289. The lowest BCUT2D eigenvalue weighted by molar-refractivity contribution is -0.157. The first-order valence-electron chi connectivity index (χ1n) is 20.2. The maximum atomic E-state index is 12.6. The first-order valence-corrected chi connectivity index (χ1v) is 23.6. The maximum Gasteiger partial charge on any atom is 0.306 e. The van der Waals surface area contributed by atoms with Crippen molar-refractivity contribution >= 4 is 19.2 Å². The van der Waals surface area contributed by atoms with Crippen molar-refractivity contribution in [3.63, 3.8) is 0 Å². The lowest BCUT2D eigenvalue weighted by Gasteiger charge is -2.21. The molecule has 0 aromatic heterocycles. The Balaban J connectivity index is 3.89. The second-order valence-corrected chi connectivity index (χ2v) is 19.9. The molecule has 0 aliphatic heterocycles. The summed E-state index contributed by atoms with van der Waals surface area (Å²) in [6.07, 6.45) is 43.1. The predicted octanol–water partition coefficient (Wildman–Crippen LogP) is 13.4. The van der Waals surface area contributed by atoms with E-state index in [4.69, 9.17) is 9.47 Å². The van der Waals surface area contributed by atoms with E-state index in [2.05, 4.69) is 58.1 Å². The van der Waals surface area contributed by atoms with Gasteiger partial charge in [-0.3, -0.25) is 9.59 Å². The van der Waals surface area contributed by atoms with Crippen LogP contribution >= 0.6 is 7.26 Å². The van der Waals surface area contributed by atoms with E-state index >= 15 is 0 Å². The van der Waals surface area contributed by atoms with E-state index in [0.29, 0.717) is 12.8 Å². The van der Waals surface area contributed by atoms with E-state index in [1.807, 2.05) is 0 Å². The van der Waals surface area contributed by atoms with Crippen molar-refractivity contribution in [2.75, 3.05) is 32.8 Å². The van der Waals surface area contributed by atoms with Crippen LogP contribution in [0.3, 0.4) is 0 Å². The van der Waals surface area contributed by atoms with Gasteiger partial charge in [0.15, 0.2) is 6.10 Å².